The molecule has 1 N–H and O–H groups in total. The van der Waals surface area contributed by atoms with Crippen LogP contribution in [0.2, 0.25) is 0 Å². The molecule has 0 unspecified atom stereocenters. The molecule has 30 heavy (non-hydrogen) atoms. The number of rotatable bonds is 7. The first kappa shape index (κ1) is 22.7. The fourth-order valence-corrected chi connectivity index (χ4v) is 5.26. The van der Waals surface area contributed by atoms with Crippen LogP contribution in [0, 0.1) is 0 Å². The molecule has 6 nitrogen and oxygen atoms in total. The van der Waals surface area contributed by atoms with Gasteiger partial charge in [-0.15, -0.1) is 0 Å². The van der Waals surface area contributed by atoms with E-state index in [2.05, 4.69) is 17.4 Å². The van der Waals surface area contributed by atoms with Crippen LogP contribution in [0.15, 0.2) is 54.6 Å². The van der Waals surface area contributed by atoms with Crippen LogP contribution in [0.25, 0.3) is 0 Å². The van der Waals surface area contributed by atoms with Gasteiger partial charge in [-0.05, 0) is 30.5 Å². The average Bonchev–Trinajstić information content (AvgIpc) is 2.78. The molecule has 1 fully saturated rings. The number of thiocarbonyl (C=S) groups is 1. The van der Waals surface area contributed by atoms with Gasteiger partial charge in [-0.25, -0.2) is 0 Å². The van der Waals surface area contributed by atoms with Crippen LogP contribution in [0.3, 0.4) is 0 Å². The van der Waals surface area contributed by atoms with E-state index in [1.54, 1.807) is 25.5 Å². The van der Waals surface area contributed by atoms with E-state index in [0.29, 0.717) is 37.5 Å². The van der Waals surface area contributed by atoms with Gasteiger partial charge >= 0.3 is 0 Å². The second-order valence-corrected chi connectivity index (χ2v) is 10.3. The molecule has 1 aliphatic heterocycles. The summed E-state index contributed by atoms with van der Waals surface area (Å²) in [5, 5.41) is 3.43. The third-order valence-electron chi connectivity index (χ3n) is 5.79. The number of methoxy groups -OCH3 is 1. The average molecular weight is 448 g/mol. The number of ether oxygens (including phenoxy) is 1. The second-order valence-electron chi connectivity index (χ2n) is 7.72. The molecular formula is C22H29N3O3S2. The summed E-state index contributed by atoms with van der Waals surface area (Å²) >= 11 is 5.65. The SMILES string of the molecule is COc1ccccc1C(=S)NCC1(c2ccccc2)CCN(S(=O)(=O)N(C)C)CC1. The van der Waals surface area contributed by atoms with E-state index in [1.807, 2.05) is 42.5 Å². The van der Waals surface area contributed by atoms with Gasteiger partial charge in [-0.2, -0.15) is 17.0 Å². The Hall–Kier alpha value is -2.00. The highest BCUT2D eigenvalue weighted by molar-refractivity contribution is 7.86. The summed E-state index contributed by atoms with van der Waals surface area (Å²) in [4.78, 5) is 0.631. The summed E-state index contributed by atoms with van der Waals surface area (Å²) in [6.45, 7) is 1.57. The van der Waals surface area contributed by atoms with Gasteiger partial charge in [0, 0.05) is 39.1 Å². The standard InChI is InChI=1S/C22H29N3O3S2/c1-24(2)30(26,27)25-15-13-22(14-16-25,18-9-5-4-6-10-18)17-23-21(29)19-11-7-8-12-20(19)28-3/h4-12H,13-17H2,1-3H3,(H,23,29). The van der Waals surface area contributed by atoms with Crippen molar-refractivity contribution in [3.05, 3.63) is 65.7 Å². The molecule has 3 rings (SSSR count). The molecule has 162 valence electrons. The zero-order chi connectivity index (χ0) is 21.8. The minimum absolute atomic E-state index is 0.203. The van der Waals surface area contributed by atoms with Crippen LogP contribution in [0.5, 0.6) is 5.75 Å². The summed E-state index contributed by atoms with van der Waals surface area (Å²) in [5.41, 5.74) is 1.85. The van der Waals surface area contributed by atoms with Gasteiger partial charge in [-0.3, -0.25) is 0 Å². The molecule has 8 heteroatoms. The molecule has 0 aliphatic carbocycles. The Morgan fingerprint density at radius 1 is 1.10 bits per heavy atom. The van der Waals surface area contributed by atoms with Gasteiger partial charge in [0.2, 0.25) is 0 Å². The molecule has 0 spiro atoms. The molecule has 1 aliphatic rings. The minimum atomic E-state index is -3.41. The van der Waals surface area contributed by atoms with Crippen LogP contribution in [0.1, 0.15) is 24.0 Å². The number of hydrogen-bond donors (Lipinski definition) is 1. The first-order chi connectivity index (χ1) is 14.3. The Balaban J connectivity index is 1.81. The van der Waals surface area contributed by atoms with E-state index in [1.165, 1.54) is 9.87 Å². The topological polar surface area (TPSA) is 61.9 Å². The zero-order valence-corrected chi connectivity index (χ0v) is 19.3. The van der Waals surface area contributed by atoms with E-state index in [-0.39, 0.29) is 5.41 Å². The quantitative estimate of drug-likeness (QED) is 0.662. The monoisotopic (exact) mass is 447 g/mol. The van der Waals surface area contributed by atoms with Crippen molar-refractivity contribution in [3.63, 3.8) is 0 Å². The molecule has 0 amide bonds. The van der Waals surface area contributed by atoms with Crippen LogP contribution >= 0.6 is 12.2 Å². The third kappa shape index (κ3) is 4.67. The minimum Gasteiger partial charge on any atom is -0.496 e. The maximum absolute atomic E-state index is 12.6. The summed E-state index contributed by atoms with van der Waals surface area (Å²) in [7, 11) is 1.36. The predicted octanol–water partition coefficient (Wildman–Crippen LogP) is 2.80. The van der Waals surface area contributed by atoms with Gasteiger partial charge < -0.3 is 10.1 Å². The predicted molar refractivity (Wildman–Crippen MR) is 124 cm³/mol. The normalized spacial score (nSPS) is 16.9. The highest BCUT2D eigenvalue weighted by Gasteiger charge is 2.40. The van der Waals surface area contributed by atoms with E-state index in [4.69, 9.17) is 17.0 Å². The van der Waals surface area contributed by atoms with Gasteiger partial charge in [-0.1, -0.05) is 54.7 Å². The third-order valence-corrected chi connectivity index (χ3v) is 8.10. The van der Waals surface area contributed by atoms with Crippen LogP contribution in [-0.4, -0.2) is 62.9 Å². The highest BCUT2D eigenvalue weighted by Crippen LogP contribution is 2.36. The van der Waals surface area contributed by atoms with E-state index >= 15 is 0 Å². The highest BCUT2D eigenvalue weighted by atomic mass is 32.2. The Bertz CT molecular complexity index is 970. The lowest BCUT2D eigenvalue weighted by Gasteiger charge is -2.42. The number of benzene rings is 2. The largest absolute Gasteiger partial charge is 0.496 e. The molecular weight excluding hydrogens is 418 g/mol. The van der Waals surface area contributed by atoms with E-state index in [0.717, 1.165) is 11.3 Å². The number of nitrogens with zero attached hydrogens (tertiary/aromatic N) is 2. The molecule has 0 atom stereocenters. The smallest absolute Gasteiger partial charge is 0.281 e. The van der Waals surface area contributed by atoms with Crippen molar-refractivity contribution in [2.75, 3.05) is 40.8 Å². The fraction of sp³-hybridized carbons (Fsp3) is 0.409. The number of hydrogen-bond acceptors (Lipinski definition) is 4. The zero-order valence-electron chi connectivity index (χ0n) is 17.7. The van der Waals surface area contributed by atoms with Crippen molar-refractivity contribution in [2.45, 2.75) is 18.3 Å². The van der Waals surface area contributed by atoms with Crippen molar-refractivity contribution in [2.24, 2.45) is 0 Å². The van der Waals surface area contributed by atoms with E-state index in [9.17, 15) is 8.42 Å². The summed E-state index contributed by atoms with van der Waals surface area (Å²) in [5.74, 6) is 0.732. The summed E-state index contributed by atoms with van der Waals surface area (Å²) in [6, 6.07) is 18.0. The maximum Gasteiger partial charge on any atom is 0.281 e. The molecule has 1 heterocycles. The molecule has 0 saturated carbocycles. The van der Waals surface area contributed by atoms with Crippen LogP contribution in [-0.2, 0) is 15.6 Å². The first-order valence-corrected chi connectivity index (χ1v) is 11.7. The van der Waals surface area contributed by atoms with Gasteiger partial charge in [0.05, 0.1) is 12.7 Å². The van der Waals surface area contributed by atoms with Crippen molar-refractivity contribution >= 4 is 27.4 Å². The van der Waals surface area contributed by atoms with Crippen molar-refractivity contribution in [3.8, 4) is 5.75 Å². The van der Waals surface area contributed by atoms with Crippen molar-refractivity contribution in [1.29, 1.82) is 0 Å². The lowest BCUT2D eigenvalue weighted by atomic mass is 9.73. The first-order valence-electron chi connectivity index (χ1n) is 9.94. The Kier molecular flexibility index (Phi) is 7.13. The summed E-state index contributed by atoms with van der Waals surface area (Å²) < 4.78 is 33.4. The van der Waals surface area contributed by atoms with Crippen LogP contribution < -0.4 is 10.1 Å². The molecule has 2 aromatic rings. The lowest BCUT2D eigenvalue weighted by molar-refractivity contribution is 0.225. The number of piperidine rings is 1. The van der Waals surface area contributed by atoms with Gasteiger partial charge in [0.15, 0.2) is 0 Å². The van der Waals surface area contributed by atoms with E-state index < -0.39 is 10.2 Å². The maximum atomic E-state index is 12.6. The second kappa shape index (κ2) is 9.43. The lowest BCUT2D eigenvalue weighted by Crippen LogP contribution is -2.52. The molecule has 2 aromatic carbocycles. The number of para-hydroxylation sites is 1. The Morgan fingerprint density at radius 2 is 1.70 bits per heavy atom. The molecule has 1 saturated heterocycles. The Morgan fingerprint density at radius 3 is 2.30 bits per heavy atom. The van der Waals surface area contributed by atoms with Gasteiger partial charge in [0.25, 0.3) is 10.2 Å². The Labute approximate surface area is 185 Å². The van der Waals surface area contributed by atoms with Crippen molar-refractivity contribution < 1.29 is 13.2 Å². The summed E-state index contributed by atoms with van der Waals surface area (Å²) in [6.07, 6.45) is 1.43. The van der Waals surface area contributed by atoms with Crippen molar-refractivity contribution in [1.82, 2.24) is 13.9 Å². The fourth-order valence-electron chi connectivity index (χ4n) is 3.91. The molecule has 0 radical (unpaired) electrons. The molecule has 0 bridgehead atoms. The number of nitrogens with one attached hydrogen (secondary N) is 1. The molecule has 0 aromatic heterocycles. The van der Waals surface area contributed by atoms with Crippen LogP contribution in [0.4, 0.5) is 0 Å². The van der Waals surface area contributed by atoms with Gasteiger partial charge in [0.1, 0.15) is 10.7 Å².